The van der Waals surface area contributed by atoms with Gasteiger partial charge in [-0.2, -0.15) is 0 Å². The van der Waals surface area contributed by atoms with Gasteiger partial charge in [-0.05, 0) is 74.4 Å². The Kier molecular flexibility index (Phi) is 5.33. The minimum absolute atomic E-state index is 0.182. The normalized spacial score (nSPS) is 17.5. The van der Waals surface area contributed by atoms with Gasteiger partial charge in [-0.3, -0.25) is 14.5 Å². The summed E-state index contributed by atoms with van der Waals surface area (Å²) in [5.41, 5.74) is 2.07. The SMILES string of the molecule is CCOC(=O)[C@@H](C)N1C(=O)S/C(=C/c2cc(C)c(O)c(C)c2)C1=O. The summed E-state index contributed by atoms with van der Waals surface area (Å²) >= 11 is 0.785. The van der Waals surface area contributed by atoms with Crippen LogP contribution < -0.4 is 0 Å². The molecule has 0 radical (unpaired) electrons. The van der Waals surface area contributed by atoms with Crippen LogP contribution in [0.1, 0.15) is 30.5 Å². The number of thioether (sulfide) groups is 1. The van der Waals surface area contributed by atoms with E-state index in [2.05, 4.69) is 0 Å². The number of imide groups is 1. The van der Waals surface area contributed by atoms with Crippen LogP contribution in [0, 0.1) is 13.8 Å². The number of hydrogen-bond donors (Lipinski definition) is 1. The van der Waals surface area contributed by atoms with Crippen molar-refractivity contribution in [1.29, 1.82) is 0 Å². The highest BCUT2D eigenvalue weighted by atomic mass is 32.2. The standard InChI is InChI=1S/C17H19NO5S/c1-5-23-16(21)11(4)18-15(20)13(24-17(18)22)8-12-6-9(2)14(19)10(3)7-12/h6-8,11,19H,5H2,1-4H3/b13-8+/t11-/m1/s1. The first-order valence-corrected chi connectivity index (χ1v) is 8.31. The van der Waals surface area contributed by atoms with E-state index in [0.29, 0.717) is 16.7 Å². The molecule has 1 N–H and O–H groups in total. The van der Waals surface area contributed by atoms with Crippen molar-refractivity contribution in [3.8, 4) is 5.75 Å². The molecule has 1 fully saturated rings. The molecule has 1 aliphatic heterocycles. The van der Waals surface area contributed by atoms with Crippen molar-refractivity contribution in [1.82, 2.24) is 4.90 Å². The zero-order valence-corrected chi connectivity index (χ0v) is 14.8. The fourth-order valence-corrected chi connectivity index (χ4v) is 3.31. The second-order valence-corrected chi connectivity index (χ2v) is 6.48. The fraction of sp³-hybridized carbons (Fsp3) is 0.353. The van der Waals surface area contributed by atoms with E-state index in [1.165, 1.54) is 6.92 Å². The van der Waals surface area contributed by atoms with Crippen LogP contribution in [0.4, 0.5) is 4.79 Å². The smallest absolute Gasteiger partial charge is 0.329 e. The lowest BCUT2D eigenvalue weighted by molar-refractivity contribution is -0.150. The van der Waals surface area contributed by atoms with Gasteiger partial charge in [-0.15, -0.1) is 0 Å². The molecule has 2 amide bonds. The second kappa shape index (κ2) is 7.09. The Bertz CT molecular complexity index is 717. The number of aromatic hydroxyl groups is 1. The number of phenols is 1. The van der Waals surface area contributed by atoms with Crippen molar-refractivity contribution in [2.75, 3.05) is 6.61 Å². The summed E-state index contributed by atoms with van der Waals surface area (Å²) in [6.45, 7) is 6.82. The molecule has 128 valence electrons. The van der Waals surface area contributed by atoms with Crippen LogP contribution >= 0.6 is 11.8 Å². The van der Waals surface area contributed by atoms with Crippen LogP contribution in [0.5, 0.6) is 5.75 Å². The van der Waals surface area contributed by atoms with Crippen molar-refractivity contribution in [2.45, 2.75) is 33.7 Å². The van der Waals surface area contributed by atoms with Crippen molar-refractivity contribution < 1.29 is 24.2 Å². The predicted molar refractivity (Wildman–Crippen MR) is 91.5 cm³/mol. The van der Waals surface area contributed by atoms with Crippen LogP contribution in [0.3, 0.4) is 0 Å². The lowest BCUT2D eigenvalue weighted by atomic mass is 10.1. The molecule has 2 rings (SSSR count). The number of carbonyl (C=O) groups is 3. The zero-order chi connectivity index (χ0) is 18.0. The maximum absolute atomic E-state index is 12.5. The fourth-order valence-electron chi connectivity index (χ4n) is 2.41. The monoisotopic (exact) mass is 349 g/mol. The Morgan fingerprint density at radius 2 is 1.92 bits per heavy atom. The third-order valence-electron chi connectivity index (χ3n) is 3.65. The first-order chi connectivity index (χ1) is 11.3. The predicted octanol–water partition coefficient (Wildman–Crippen LogP) is 3.00. The van der Waals surface area contributed by atoms with E-state index < -0.39 is 23.2 Å². The number of rotatable bonds is 4. The lowest BCUT2D eigenvalue weighted by Gasteiger charge is -2.19. The molecule has 0 spiro atoms. The first-order valence-electron chi connectivity index (χ1n) is 7.50. The molecule has 7 heteroatoms. The molecule has 1 aromatic rings. The molecule has 0 saturated carbocycles. The number of aryl methyl sites for hydroxylation is 2. The third-order valence-corrected chi connectivity index (χ3v) is 4.53. The van der Waals surface area contributed by atoms with E-state index in [9.17, 15) is 19.5 Å². The van der Waals surface area contributed by atoms with Gasteiger partial charge < -0.3 is 9.84 Å². The highest BCUT2D eigenvalue weighted by Crippen LogP contribution is 2.34. The maximum Gasteiger partial charge on any atom is 0.329 e. The average molecular weight is 349 g/mol. The molecule has 0 bridgehead atoms. The Morgan fingerprint density at radius 3 is 2.46 bits per heavy atom. The summed E-state index contributed by atoms with van der Waals surface area (Å²) in [6.07, 6.45) is 1.59. The zero-order valence-electron chi connectivity index (χ0n) is 14.0. The molecule has 1 saturated heterocycles. The minimum Gasteiger partial charge on any atom is -0.507 e. The van der Waals surface area contributed by atoms with E-state index in [-0.39, 0.29) is 17.3 Å². The van der Waals surface area contributed by atoms with Gasteiger partial charge in [0.2, 0.25) is 0 Å². The first kappa shape index (κ1) is 18.1. The average Bonchev–Trinajstić information content (AvgIpc) is 2.78. The van der Waals surface area contributed by atoms with Gasteiger partial charge in [-0.1, -0.05) is 0 Å². The van der Waals surface area contributed by atoms with Crippen LogP contribution in [0.25, 0.3) is 6.08 Å². The number of benzene rings is 1. The number of amides is 2. The van der Waals surface area contributed by atoms with Gasteiger partial charge in [0.25, 0.3) is 11.1 Å². The summed E-state index contributed by atoms with van der Waals surface area (Å²) in [7, 11) is 0. The number of phenolic OH excluding ortho intramolecular Hbond substituents is 1. The maximum atomic E-state index is 12.5. The number of nitrogens with zero attached hydrogens (tertiary/aromatic N) is 1. The van der Waals surface area contributed by atoms with Gasteiger partial charge in [-0.25, -0.2) is 4.79 Å². The highest BCUT2D eigenvalue weighted by molar-refractivity contribution is 8.18. The summed E-state index contributed by atoms with van der Waals surface area (Å²) < 4.78 is 4.87. The molecular weight excluding hydrogens is 330 g/mol. The molecule has 0 unspecified atom stereocenters. The molecule has 1 aliphatic rings. The Balaban J connectivity index is 2.30. The van der Waals surface area contributed by atoms with E-state index in [1.54, 1.807) is 39.0 Å². The summed E-state index contributed by atoms with van der Waals surface area (Å²) in [5, 5.41) is 9.30. The van der Waals surface area contributed by atoms with Crippen LogP contribution in [-0.4, -0.2) is 39.8 Å². The Labute approximate surface area is 144 Å². The molecular formula is C17H19NO5S. The van der Waals surface area contributed by atoms with Crippen LogP contribution in [0.15, 0.2) is 17.0 Å². The van der Waals surface area contributed by atoms with Gasteiger partial charge in [0.05, 0.1) is 11.5 Å². The Morgan fingerprint density at radius 1 is 1.33 bits per heavy atom. The molecule has 1 aromatic carbocycles. The van der Waals surface area contributed by atoms with Crippen LogP contribution in [0.2, 0.25) is 0 Å². The molecule has 24 heavy (non-hydrogen) atoms. The number of esters is 1. The molecule has 0 aliphatic carbocycles. The van der Waals surface area contributed by atoms with Crippen molar-refractivity contribution in [2.24, 2.45) is 0 Å². The summed E-state index contributed by atoms with van der Waals surface area (Å²) in [6, 6.07) is 2.49. The van der Waals surface area contributed by atoms with Gasteiger partial charge >= 0.3 is 5.97 Å². The van der Waals surface area contributed by atoms with Gasteiger partial charge in [0.1, 0.15) is 11.8 Å². The minimum atomic E-state index is -0.966. The highest BCUT2D eigenvalue weighted by Gasteiger charge is 2.41. The molecule has 0 aromatic heterocycles. The number of carbonyl (C=O) groups excluding carboxylic acids is 3. The summed E-state index contributed by atoms with van der Waals surface area (Å²) in [5.74, 6) is -0.928. The van der Waals surface area contributed by atoms with Gasteiger partial charge in [0, 0.05) is 0 Å². The molecule has 6 nitrogen and oxygen atoms in total. The van der Waals surface area contributed by atoms with E-state index in [1.807, 2.05) is 0 Å². The van der Waals surface area contributed by atoms with Crippen molar-refractivity contribution in [3.63, 3.8) is 0 Å². The molecule has 1 atom stereocenters. The van der Waals surface area contributed by atoms with E-state index in [4.69, 9.17) is 4.74 Å². The Hall–Kier alpha value is -2.28. The van der Waals surface area contributed by atoms with E-state index in [0.717, 1.165) is 16.7 Å². The van der Waals surface area contributed by atoms with E-state index >= 15 is 0 Å². The second-order valence-electron chi connectivity index (χ2n) is 5.48. The van der Waals surface area contributed by atoms with Crippen LogP contribution in [-0.2, 0) is 14.3 Å². The van der Waals surface area contributed by atoms with Crippen molar-refractivity contribution in [3.05, 3.63) is 33.7 Å². The number of hydrogen-bond acceptors (Lipinski definition) is 6. The third kappa shape index (κ3) is 3.46. The van der Waals surface area contributed by atoms with Gasteiger partial charge in [0.15, 0.2) is 0 Å². The quantitative estimate of drug-likeness (QED) is 0.664. The topological polar surface area (TPSA) is 83.9 Å². The summed E-state index contributed by atoms with van der Waals surface area (Å²) in [4.78, 5) is 37.5. The lowest BCUT2D eigenvalue weighted by Crippen LogP contribution is -2.42. The molecule has 1 heterocycles. The largest absolute Gasteiger partial charge is 0.507 e. The number of ether oxygens (including phenoxy) is 1. The van der Waals surface area contributed by atoms with Crippen molar-refractivity contribution >= 4 is 35.0 Å².